The van der Waals surface area contributed by atoms with E-state index in [1.54, 1.807) is 0 Å². The normalized spacial score (nSPS) is 24.9. The van der Waals surface area contributed by atoms with Crippen molar-refractivity contribution in [2.45, 2.75) is 82.5 Å². The predicted molar refractivity (Wildman–Crippen MR) is 168 cm³/mol. The van der Waals surface area contributed by atoms with Gasteiger partial charge in [0, 0.05) is 0 Å². The van der Waals surface area contributed by atoms with Crippen molar-refractivity contribution in [1.29, 1.82) is 0 Å². The zero-order valence-electron chi connectivity index (χ0n) is 24.4. The van der Waals surface area contributed by atoms with Crippen molar-refractivity contribution in [1.82, 2.24) is 0 Å². The maximum absolute atomic E-state index is 11.2. The van der Waals surface area contributed by atoms with Crippen molar-refractivity contribution in [3.63, 3.8) is 0 Å². The molecule has 0 saturated heterocycles. The molecule has 0 spiro atoms. The highest BCUT2D eigenvalue weighted by Gasteiger charge is 2.46. The van der Waals surface area contributed by atoms with Crippen molar-refractivity contribution in [2.24, 2.45) is 11.8 Å². The van der Waals surface area contributed by atoms with E-state index in [9.17, 15) is 10.2 Å². The second kappa shape index (κ2) is 10.4. The number of phenols is 2. The molecule has 3 aliphatic rings. The van der Waals surface area contributed by atoms with E-state index in [1.807, 2.05) is 12.1 Å². The van der Waals surface area contributed by atoms with E-state index >= 15 is 0 Å². The van der Waals surface area contributed by atoms with Crippen molar-refractivity contribution < 1.29 is 10.2 Å². The highest BCUT2D eigenvalue weighted by atomic mass is 16.3. The second-order valence-electron chi connectivity index (χ2n) is 13.3. The Morgan fingerprint density at radius 1 is 0.561 bits per heavy atom. The second-order valence-corrected chi connectivity index (χ2v) is 13.3. The zero-order valence-corrected chi connectivity index (χ0v) is 24.4. The summed E-state index contributed by atoms with van der Waals surface area (Å²) in [6.45, 7) is 4.70. The minimum absolute atomic E-state index is 0.377. The lowest BCUT2D eigenvalue weighted by atomic mass is 9.66. The summed E-state index contributed by atoms with van der Waals surface area (Å²) >= 11 is 0. The molecule has 41 heavy (non-hydrogen) atoms. The highest BCUT2D eigenvalue weighted by Crippen LogP contribution is 2.57. The molecule has 2 N–H and O–H groups in total. The molecular weight excluding hydrogens is 500 g/mol. The van der Waals surface area contributed by atoms with Crippen molar-refractivity contribution >= 4 is 0 Å². The Hall–Kier alpha value is -3.52. The fraction of sp³-hybridized carbons (Fsp3) is 0.385. The van der Waals surface area contributed by atoms with Crippen molar-refractivity contribution in [2.75, 3.05) is 0 Å². The maximum atomic E-state index is 11.2. The molecule has 2 nitrogen and oxygen atoms in total. The van der Waals surface area contributed by atoms with Crippen molar-refractivity contribution in [3.8, 4) is 22.6 Å². The van der Waals surface area contributed by atoms with Crippen LogP contribution in [-0.4, -0.2) is 10.2 Å². The number of aromatic hydroxyl groups is 2. The van der Waals surface area contributed by atoms with Crippen molar-refractivity contribution in [3.05, 3.63) is 118 Å². The van der Waals surface area contributed by atoms with Gasteiger partial charge < -0.3 is 10.2 Å². The first-order valence-electron chi connectivity index (χ1n) is 15.8. The summed E-state index contributed by atoms with van der Waals surface area (Å²) in [5.74, 6) is 2.95. The lowest BCUT2D eigenvalue weighted by molar-refractivity contribution is 0.336. The monoisotopic (exact) mass is 542 g/mol. The van der Waals surface area contributed by atoms with E-state index in [4.69, 9.17) is 0 Å². The Bertz CT molecular complexity index is 1460. The third kappa shape index (κ3) is 4.30. The third-order valence-corrected chi connectivity index (χ3v) is 10.6. The van der Waals surface area contributed by atoms with Crippen LogP contribution in [0.15, 0.2) is 84.9 Å². The summed E-state index contributed by atoms with van der Waals surface area (Å²) in [5, 5.41) is 22.4. The molecule has 0 bridgehead atoms. The summed E-state index contributed by atoms with van der Waals surface area (Å²) in [6.07, 6.45) is 9.49. The number of rotatable bonds is 4. The molecule has 210 valence electrons. The first kappa shape index (κ1) is 26.4. The Morgan fingerprint density at radius 3 is 1.44 bits per heavy atom. The van der Waals surface area contributed by atoms with Crippen LogP contribution >= 0.6 is 0 Å². The lowest BCUT2D eigenvalue weighted by Gasteiger charge is -2.36. The first-order valence-corrected chi connectivity index (χ1v) is 15.8. The van der Waals surface area contributed by atoms with Gasteiger partial charge in [-0.25, -0.2) is 0 Å². The largest absolute Gasteiger partial charge is 0.508 e. The number of fused-ring (bicyclic) bond motifs is 3. The predicted octanol–water partition coefficient (Wildman–Crippen LogP) is 10.0. The molecule has 2 fully saturated rings. The van der Waals surface area contributed by atoms with Gasteiger partial charge >= 0.3 is 0 Å². The first-order chi connectivity index (χ1) is 20.0. The Kier molecular flexibility index (Phi) is 6.69. The van der Waals surface area contributed by atoms with Crippen LogP contribution in [0.4, 0.5) is 0 Å². The van der Waals surface area contributed by atoms with Crippen LogP contribution in [0, 0.1) is 11.8 Å². The minimum Gasteiger partial charge on any atom is -0.508 e. The average molecular weight is 543 g/mol. The van der Waals surface area contributed by atoms with E-state index in [0.717, 1.165) is 36.8 Å². The molecule has 4 aromatic rings. The van der Waals surface area contributed by atoms with Gasteiger partial charge in [0.2, 0.25) is 0 Å². The van der Waals surface area contributed by atoms with E-state index in [2.05, 4.69) is 86.6 Å². The summed E-state index contributed by atoms with van der Waals surface area (Å²) < 4.78 is 0. The Labute approximate surface area is 245 Å². The smallest absolute Gasteiger partial charge is 0.119 e. The van der Waals surface area contributed by atoms with Gasteiger partial charge in [0.05, 0.1) is 5.41 Å². The molecule has 0 aliphatic heterocycles. The number of hydrogen-bond donors (Lipinski definition) is 2. The molecule has 0 amide bonds. The van der Waals surface area contributed by atoms with Gasteiger partial charge in [0.25, 0.3) is 0 Å². The van der Waals surface area contributed by atoms with Gasteiger partial charge in [-0.15, -0.1) is 0 Å². The summed E-state index contributed by atoms with van der Waals surface area (Å²) in [7, 11) is 0. The number of phenolic OH excluding ortho intramolecular Hbond substituents is 2. The molecule has 4 aromatic carbocycles. The van der Waals surface area contributed by atoms with Crippen LogP contribution in [0.5, 0.6) is 11.5 Å². The molecule has 4 unspecified atom stereocenters. The maximum Gasteiger partial charge on any atom is 0.119 e. The third-order valence-electron chi connectivity index (χ3n) is 10.6. The molecule has 7 rings (SSSR count). The summed E-state index contributed by atoms with van der Waals surface area (Å²) in [6, 6.07) is 30.5. The van der Waals surface area contributed by atoms with Gasteiger partial charge in [-0.2, -0.15) is 0 Å². The summed E-state index contributed by atoms with van der Waals surface area (Å²) in [5.41, 5.74) is 9.16. The Balaban J connectivity index is 1.49. The van der Waals surface area contributed by atoms with Crippen LogP contribution in [0.1, 0.15) is 110 Å². The zero-order chi connectivity index (χ0) is 28.1. The highest BCUT2D eigenvalue weighted by molar-refractivity contribution is 5.86. The van der Waals surface area contributed by atoms with Crippen LogP contribution in [0.2, 0.25) is 0 Å². The molecular formula is C39H42O2. The Morgan fingerprint density at radius 2 is 1.00 bits per heavy atom. The molecule has 4 atom stereocenters. The fourth-order valence-corrected chi connectivity index (χ4v) is 8.69. The van der Waals surface area contributed by atoms with Crippen LogP contribution in [-0.2, 0) is 5.41 Å². The number of benzene rings is 4. The molecule has 0 heterocycles. The van der Waals surface area contributed by atoms with Crippen LogP contribution < -0.4 is 0 Å². The average Bonchev–Trinajstić information content (AvgIpc) is 3.29. The fourth-order valence-electron chi connectivity index (χ4n) is 8.69. The minimum atomic E-state index is -0.529. The molecule has 3 aliphatic carbocycles. The van der Waals surface area contributed by atoms with Crippen LogP contribution in [0.25, 0.3) is 11.1 Å². The lowest BCUT2D eigenvalue weighted by Crippen LogP contribution is -2.29. The molecule has 2 heteroatoms. The summed E-state index contributed by atoms with van der Waals surface area (Å²) in [4.78, 5) is 0. The van der Waals surface area contributed by atoms with Gasteiger partial charge in [-0.05, 0) is 106 Å². The van der Waals surface area contributed by atoms with E-state index < -0.39 is 5.41 Å². The molecule has 2 saturated carbocycles. The van der Waals surface area contributed by atoms with E-state index in [0.29, 0.717) is 35.2 Å². The van der Waals surface area contributed by atoms with Gasteiger partial charge in [0.1, 0.15) is 11.5 Å². The van der Waals surface area contributed by atoms with E-state index in [-0.39, 0.29) is 0 Å². The molecule has 0 radical (unpaired) electrons. The van der Waals surface area contributed by atoms with Gasteiger partial charge in [0.15, 0.2) is 0 Å². The van der Waals surface area contributed by atoms with Crippen LogP contribution in [0.3, 0.4) is 0 Å². The van der Waals surface area contributed by atoms with Gasteiger partial charge in [-0.3, -0.25) is 0 Å². The number of hydrogen-bond acceptors (Lipinski definition) is 2. The molecule has 0 aromatic heterocycles. The topological polar surface area (TPSA) is 40.5 Å². The standard InChI is InChI=1S/C39H42O2/c1-25-9-7-11-27(21-25)33-23-29(17-19-37(33)40)39(35-15-5-3-13-31(35)32-14-4-6-16-36(32)39)30-18-20-38(41)34(24-30)28-12-8-10-26(2)22-28/h3-6,13-20,23-28,40-41H,7-12,21-22H2,1-2H3. The van der Waals surface area contributed by atoms with Gasteiger partial charge in [-0.1, -0.05) is 112 Å². The quantitative estimate of drug-likeness (QED) is 0.237. The van der Waals surface area contributed by atoms with E-state index in [1.165, 1.54) is 59.1 Å². The SMILES string of the molecule is CC1CCCC(c2cc(C3(c4ccc(O)c(C5CCCC(C)C5)c4)c4ccccc4-c4ccccc43)ccc2O)C1.